The van der Waals surface area contributed by atoms with Crippen molar-refractivity contribution in [1.82, 2.24) is 15.2 Å². The van der Waals surface area contributed by atoms with E-state index in [1.54, 1.807) is 5.56 Å². The van der Waals surface area contributed by atoms with Crippen molar-refractivity contribution >= 4 is 22.5 Å². The average Bonchev–Trinajstić information content (AvgIpc) is 3.12. The van der Waals surface area contributed by atoms with Crippen LogP contribution in [0.4, 0.5) is 0 Å². The van der Waals surface area contributed by atoms with Crippen LogP contribution in [0.25, 0.3) is 10.9 Å². The molecule has 0 bridgehead atoms. The van der Waals surface area contributed by atoms with Gasteiger partial charge in [0.05, 0.1) is 5.54 Å². The number of halogens is 1. The third-order valence-electron chi connectivity index (χ3n) is 7.23. The first-order valence-corrected chi connectivity index (χ1v) is 11.2. The third kappa shape index (κ3) is 3.30. The summed E-state index contributed by atoms with van der Waals surface area (Å²) in [6.07, 6.45) is 5.96. The first kappa shape index (κ1) is 19.2. The molecule has 1 atom stereocenters. The Morgan fingerprint density at radius 1 is 1.03 bits per heavy atom. The van der Waals surface area contributed by atoms with Gasteiger partial charge in [0.15, 0.2) is 0 Å². The Labute approximate surface area is 178 Å². The number of nitrogens with zero attached hydrogens (tertiary/aromatic N) is 1. The number of hydrogen-bond donors (Lipinski definition) is 2. The van der Waals surface area contributed by atoms with E-state index in [0.717, 1.165) is 18.0 Å². The fourth-order valence-electron chi connectivity index (χ4n) is 5.91. The maximum atomic E-state index is 6.14. The van der Waals surface area contributed by atoms with Crippen molar-refractivity contribution < 1.29 is 0 Å². The Balaban J connectivity index is 1.42. The molecule has 1 aliphatic carbocycles. The molecule has 1 aliphatic heterocycles. The molecule has 1 saturated carbocycles. The molecular formula is C25H30ClN3. The molecule has 0 saturated heterocycles. The lowest BCUT2D eigenvalue weighted by Gasteiger charge is -2.46. The van der Waals surface area contributed by atoms with Crippen molar-refractivity contribution in [3.8, 4) is 0 Å². The fraction of sp³-hybridized carbons (Fsp3) is 0.440. The minimum absolute atomic E-state index is 0.111. The third-order valence-corrected chi connectivity index (χ3v) is 7.48. The van der Waals surface area contributed by atoms with Gasteiger partial charge < -0.3 is 15.2 Å². The van der Waals surface area contributed by atoms with Crippen molar-refractivity contribution in [2.45, 2.75) is 43.7 Å². The van der Waals surface area contributed by atoms with Crippen molar-refractivity contribution in [2.24, 2.45) is 5.92 Å². The van der Waals surface area contributed by atoms with E-state index < -0.39 is 0 Å². The van der Waals surface area contributed by atoms with Crippen LogP contribution in [0.3, 0.4) is 0 Å². The van der Waals surface area contributed by atoms with Crippen molar-refractivity contribution in [2.75, 3.05) is 20.6 Å². The molecule has 2 aromatic carbocycles. The van der Waals surface area contributed by atoms with Crippen LogP contribution in [-0.2, 0) is 12.0 Å². The van der Waals surface area contributed by atoms with E-state index in [-0.39, 0.29) is 5.54 Å². The fourth-order valence-corrected chi connectivity index (χ4v) is 6.04. The summed E-state index contributed by atoms with van der Waals surface area (Å²) in [5.41, 5.74) is 5.77. The van der Waals surface area contributed by atoms with Crippen LogP contribution in [-0.4, -0.2) is 30.5 Å². The molecule has 2 N–H and O–H groups in total. The number of rotatable bonds is 3. The average molecular weight is 408 g/mol. The van der Waals surface area contributed by atoms with Gasteiger partial charge in [-0.15, -0.1) is 0 Å². The van der Waals surface area contributed by atoms with E-state index in [1.165, 1.54) is 47.8 Å². The summed E-state index contributed by atoms with van der Waals surface area (Å²) in [6.45, 7) is 1.08. The maximum Gasteiger partial charge on any atom is 0.0590 e. The minimum Gasteiger partial charge on any atom is -0.357 e. The van der Waals surface area contributed by atoms with Crippen molar-refractivity contribution in [3.05, 3.63) is 70.4 Å². The number of aromatic nitrogens is 1. The molecule has 0 amide bonds. The van der Waals surface area contributed by atoms with Crippen LogP contribution < -0.4 is 5.32 Å². The molecule has 2 heterocycles. The summed E-state index contributed by atoms with van der Waals surface area (Å²) >= 11 is 6.14. The van der Waals surface area contributed by atoms with Gasteiger partial charge in [-0.3, -0.25) is 0 Å². The van der Waals surface area contributed by atoms with Gasteiger partial charge in [0.1, 0.15) is 0 Å². The van der Waals surface area contributed by atoms with Gasteiger partial charge in [0.25, 0.3) is 0 Å². The molecule has 1 aromatic heterocycles. The second-order valence-corrected chi connectivity index (χ2v) is 9.52. The van der Waals surface area contributed by atoms with Gasteiger partial charge in [-0.1, -0.05) is 41.9 Å². The first-order chi connectivity index (χ1) is 14.1. The standard InChI is InChI=1S/C25H30ClN3/c1-29(2)23(17-7-9-19(26)10-8-17)18-11-14-25(15-12-18)24-21(13-16-27-25)20-5-3-4-6-22(20)28-24/h3-10,18,23,27-28H,11-16H2,1-2H3. The molecule has 4 heteroatoms. The number of H-pyrrole nitrogens is 1. The predicted molar refractivity (Wildman–Crippen MR) is 122 cm³/mol. The van der Waals surface area contributed by atoms with E-state index in [4.69, 9.17) is 11.6 Å². The van der Waals surface area contributed by atoms with Crippen LogP contribution in [0.2, 0.25) is 5.02 Å². The highest BCUT2D eigenvalue weighted by Gasteiger charge is 2.43. The number of para-hydroxylation sites is 1. The molecule has 1 fully saturated rings. The maximum absolute atomic E-state index is 6.14. The monoisotopic (exact) mass is 407 g/mol. The smallest absolute Gasteiger partial charge is 0.0590 e. The number of benzene rings is 2. The molecular weight excluding hydrogens is 378 g/mol. The summed E-state index contributed by atoms with van der Waals surface area (Å²) in [7, 11) is 4.41. The van der Waals surface area contributed by atoms with Gasteiger partial charge >= 0.3 is 0 Å². The van der Waals surface area contributed by atoms with Crippen molar-refractivity contribution in [1.29, 1.82) is 0 Å². The zero-order valence-electron chi connectivity index (χ0n) is 17.3. The Kier molecular flexibility index (Phi) is 4.93. The zero-order chi connectivity index (χ0) is 20.0. The summed E-state index contributed by atoms with van der Waals surface area (Å²) in [6, 6.07) is 17.7. The Bertz CT molecular complexity index is 997. The Morgan fingerprint density at radius 3 is 2.48 bits per heavy atom. The van der Waals surface area contributed by atoms with Crippen LogP contribution in [0.15, 0.2) is 48.5 Å². The molecule has 2 aliphatic rings. The number of hydrogen-bond acceptors (Lipinski definition) is 2. The highest BCUT2D eigenvalue weighted by molar-refractivity contribution is 6.30. The van der Waals surface area contributed by atoms with Gasteiger partial charge in [-0.2, -0.15) is 0 Å². The van der Waals surface area contributed by atoms with E-state index in [9.17, 15) is 0 Å². The number of aromatic amines is 1. The number of nitrogens with one attached hydrogen (secondary N) is 2. The van der Waals surface area contributed by atoms with E-state index in [2.05, 4.69) is 65.7 Å². The Morgan fingerprint density at radius 2 is 1.76 bits per heavy atom. The first-order valence-electron chi connectivity index (χ1n) is 10.8. The molecule has 0 radical (unpaired) electrons. The van der Waals surface area contributed by atoms with Crippen molar-refractivity contribution in [3.63, 3.8) is 0 Å². The zero-order valence-corrected chi connectivity index (χ0v) is 18.1. The second-order valence-electron chi connectivity index (χ2n) is 9.08. The van der Waals surface area contributed by atoms with Crippen LogP contribution in [0, 0.1) is 5.92 Å². The second kappa shape index (κ2) is 7.46. The predicted octanol–water partition coefficient (Wildman–Crippen LogP) is 5.66. The van der Waals surface area contributed by atoms with Crippen LogP contribution in [0.1, 0.15) is 48.5 Å². The molecule has 5 rings (SSSR count). The van der Waals surface area contributed by atoms with Gasteiger partial charge in [-0.25, -0.2) is 0 Å². The SMILES string of the molecule is CN(C)C(c1ccc(Cl)cc1)C1CCC2(CC1)NCCc1c2[nH]c2ccccc12. The molecule has 3 nitrogen and oxygen atoms in total. The van der Waals surface area contributed by atoms with E-state index in [1.807, 2.05) is 12.1 Å². The largest absolute Gasteiger partial charge is 0.357 e. The molecule has 1 unspecified atom stereocenters. The lowest BCUT2D eigenvalue weighted by atomic mass is 9.69. The normalized spacial score (nSPS) is 25.4. The molecule has 1 spiro atoms. The Hall–Kier alpha value is -1.81. The highest BCUT2D eigenvalue weighted by atomic mass is 35.5. The summed E-state index contributed by atoms with van der Waals surface area (Å²) in [5.74, 6) is 0.661. The lowest BCUT2D eigenvalue weighted by Crippen LogP contribution is -2.50. The van der Waals surface area contributed by atoms with E-state index >= 15 is 0 Å². The lowest BCUT2D eigenvalue weighted by molar-refractivity contribution is 0.112. The topological polar surface area (TPSA) is 31.1 Å². The number of fused-ring (bicyclic) bond motifs is 4. The summed E-state index contributed by atoms with van der Waals surface area (Å²) in [4.78, 5) is 6.18. The van der Waals surface area contributed by atoms with Gasteiger partial charge in [0.2, 0.25) is 0 Å². The summed E-state index contributed by atoms with van der Waals surface area (Å²) < 4.78 is 0. The van der Waals surface area contributed by atoms with Crippen LogP contribution >= 0.6 is 11.6 Å². The van der Waals surface area contributed by atoms with Gasteiger partial charge in [0, 0.05) is 34.2 Å². The van der Waals surface area contributed by atoms with Gasteiger partial charge in [-0.05, 0) is 81.4 Å². The molecule has 29 heavy (non-hydrogen) atoms. The molecule has 3 aromatic rings. The quantitative estimate of drug-likeness (QED) is 0.587. The minimum atomic E-state index is 0.111. The van der Waals surface area contributed by atoms with E-state index in [0.29, 0.717) is 12.0 Å². The van der Waals surface area contributed by atoms with Crippen LogP contribution in [0.5, 0.6) is 0 Å². The molecule has 152 valence electrons. The highest BCUT2D eigenvalue weighted by Crippen LogP contribution is 2.47. The summed E-state index contributed by atoms with van der Waals surface area (Å²) in [5, 5.41) is 6.15.